The number of hydrogen-bond acceptors (Lipinski definition) is 0. The van der Waals surface area contributed by atoms with Crippen LogP contribution in [0.5, 0.6) is 0 Å². The quantitative estimate of drug-likeness (QED) is 0.183. The molecule has 0 amide bonds. The van der Waals surface area contributed by atoms with Crippen LogP contribution in [0.15, 0.2) is 109 Å². The van der Waals surface area contributed by atoms with E-state index in [-0.39, 0.29) is 16.4 Å². The molecular formula is C43H46N+. The van der Waals surface area contributed by atoms with Crippen LogP contribution in [-0.4, -0.2) is 0 Å². The van der Waals surface area contributed by atoms with E-state index in [2.05, 4.69) is 155 Å². The SMILES string of the molecule is CCC1(CC)CCc2ccc(-c3cccc(-c4cccc(-c5ccccc5)c4)c3)cc2-c2cc3c(c[n+]21)C(C)(C)CC3(C)C. The number of hydrogen-bond donors (Lipinski definition) is 0. The zero-order chi connectivity index (χ0) is 30.7. The van der Waals surface area contributed by atoms with E-state index in [0.29, 0.717) is 0 Å². The van der Waals surface area contributed by atoms with Gasteiger partial charge >= 0.3 is 0 Å². The molecule has 0 N–H and O–H groups in total. The number of aromatic nitrogens is 1. The van der Waals surface area contributed by atoms with Gasteiger partial charge in [0.15, 0.2) is 11.7 Å². The highest BCUT2D eigenvalue weighted by Crippen LogP contribution is 2.50. The first-order valence-corrected chi connectivity index (χ1v) is 16.6. The van der Waals surface area contributed by atoms with Crippen LogP contribution in [0, 0.1) is 0 Å². The van der Waals surface area contributed by atoms with Crippen LogP contribution in [-0.2, 0) is 22.8 Å². The summed E-state index contributed by atoms with van der Waals surface area (Å²) in [4.78, 5) is 0. The molecule has 0 bridgehead atoms. The number of nitrogens with zero attached hydrogens (tertiary/aromatic N) is 1. The minimum Gasteiger partial charge on any atom is -0.193 e. The number of pyridine rings is 1. The van der Waals surface area contributed by atoms with E-state index >= 15 is 0 Å². The van der Waals surface area contributed by atoms with E-state index in [0.717, 1.165) is 19.3 Å². The van der Waals surface area contributed by atoms with E-state index < -0.39 is 0 Å². The molecule has 1 aliphatic carbocycles. The summed E-state index contributed by atoms with van der Waals surface area (Å²) < 4.78 is 2.72. The average molecular weight is 577 g/mol. The predicted molar refractivity (Wildman–Crippen MR) is 186 cm³/mol. The zero-order valence-electron chi connectivity index (χ0n) is 27.4. The van der Waals surface area contributed by atoms with Gasteiger partial charge in [-0.05, 0) is 86.4 Å². The summed E-state index contributed by atoms with van der Waals surface area (Å²) in [5.41, 5.74) is 15.4. The largest absolute Gasteiger partial charge is 0.213 e. The van der Waals surface area contributed by atoms with Crippen LogP contribution in [0.4, 0.5) is 0 Å². The first-order chi connectivity index (χ1) is 21.1. The van der Waals surface area contributed by atoms with Crippen molar-refractivity contribution in [3.63, 3.8) is 0 Å². The van der Waals surface area contributed by atoms with Crippen molar-refractivity contribution in [2.75, 3.05) is 0 Å². The van der Waals surface area contributed by atoms with Gasteiger partial charge in [-0.2, -0.15) is 4.57 Å². The molecule has 1 aliphatic heterocycles. The van der Waals surface area contributed by atoms with Gasteiger partial charge in [0.25, 0.3) is 0 Å². The molecule has 2 aliphatic rings. The Hall–Kier alpha value is -3.97. The number of benzene rings is 4. The number of aryl methyl sites for hydroxylation is 1. The second-order valence-corrected chi connectivity index (χ2v) is 14.6. The smallest absolute Gasteiger partial charge is 0.193 e. The molecule has 1 nitrogen and oxygen atoms in total. The summed E-state index contributed by atoms with van der Waals surface area (Å²) in [5, 5.41) is 0. The second-order valence-electron chi connectivity index (χ2n) is 14.6. The van der Waals surface area contributed by atoms with Gasteiger partial charge in [-0.15, -0.1) is 0 Å². The highest BCUT2D eigenvalue weighted by molar-refractivity contribution is 5.79. The van der Waals surface area contributed by atoms with Crippen LogP contribution < -0.4 is 4.57 Å². The lowest BCUT2D eigenvalue weighted by Crippen LogP contribution is -2.57. The van der Waals surface area contributed by atoms with Crippen molar-refractivity contribution < 1.29 is 4.57 Å². The van der Waals surface area contributed by atoms with Gasteiger partial charge in [-0.25, -0.2) is 0 Å². The molecule has 0 fully saturated rings. The molecule has 0 unspecified atom stereocenters. The van der Waals surface area contributed by atoms with Crippen molar-refractivity contribution in [2.45, 2.75) is 90.0 Å². The Morgan fingerprint density at radius 3 is 1.73 bits per heavy atom. The highest BCUT2D eigenvalue weighted by Gasteiger charge is 2.48. The van der Waals surface area contributed by atoms with Crippen LogP contribution in [0.25, 0.3) is 44.6 Å². The summed E-state index contributed by atoms with van der Waals surface area (Å²) in [6.07, 6.45) is 8.36. The lowest BCUT2D eigenvalue weighted by atomic mass is 9.82. The van der Waals surface area contributed by atoms with Crippen molar-refractivity contribution in [2.24, 2.45) is 0 Å². The van der Waals surface area contributed by atoms with E-state index in [9.17, 15) is 0 Å². The predicted octanol–water partition coefficient (Wildman–Crippen LogP) is 11.1. The van der Waals surface area contributed by atoms with E-state index in [4.69, 9.17) is 0 Å². The van der Waals surface area contributed by atoms with Crippen molar-refractivity contribution in [1.29, 1.82) is 0 Å². The van der Waals surface area contributed by atoms with E-state index in [1.807, 2.05) is 0 Å². The molecule has 1 heteroatoms. The maximum Gasteiger partial charge on any atom is 0.213 e. The molecule has 2 heterocycles. The Morgan fingerprint density at radius 2 is 1.11 bits per heavy atom. The Bertz CT molecular complexity index is 1850. The first-order valence-electron chi connectivity index (χ1n) is 16.6. The van der Waals surface area contributed by atoms with Crippen molar-refractivity contribution in [3.05, 3.63) is 126 Å². The maximum atomic E-state index is 2.72. The standard InChI is InChI=1S/C43H46N/c1-7-43(8-2)23-22-31-20-21-36(26-37(31)40-27-38-39(28-44(40)43)42(5,6)29-41(38,3)4)35-19-13-18-34(25-35)33-17-12-16-32(24-33)30-14-10-9-11-15-30/h9-21,24-28H,7-8,22-23,29H2,1-6H3/q+1. The Kier molecular flexibility index (Phi) is 6.92. The van der Waals surface area contributed by atoms with E-state index in [1.54, 1.807) is 5.56 Å². The fourth-order valence-corrected chi connectivity index (χ4v) is 8.58. The average Bonchev–Trinajstić information content (AvgIpc) is 3.15. The molecule has 0 atom stereocenters. The molecule has 44 heavy (non-hydrogen) atoms. The third-order valence-electron chi connectivity index (χ3n) is 11.0. The Morgan fingerprint density at radius 1 is 0.568 bits per heavy atom. The molecule has 7 rings (SSSR count). The minimum atomic E-state index is 0.135. The summed E-state index contributed by atoms with van der Waals surface area (Å²) in [5.74, 6) is 0. The molecule has 0 saturated heterocycles. The van der Waals surface area contributed by atoms with Gasteiger partial charge in [0.1, 0.15) is 0 Å². The summed E-state index contributed by atoms with van der Waals surface area (Å²) in [7, 11) is 0. The monoisotopic (exact) mass is 576 g/mol. The van der Waals surface area contributed by atoms with Gasteiger partial charge in [0, 0.05) is 36.5 Å². The third-order valence-corrected chi connectivity index (χ3v) is 11.0. The highest BCUT2D eigenvalue weighted by atomic mass is 15.1. The van der Waals surface area contributed by atoms with Crippen LogP contribution in [0.2, 0.25) is 0 Å². The molecule has 5 aromatic rings. The minimum absolute atomic E-state index is 0.135. The van der Waals surface area contributed by atoms with Crippen LogP contribution in [0.1, 0.15) is 83.9 Å². The summed E-state index contributed by atoms with van der Waals surface area (Å²) in [6, 6.07) is 38.5. The zero-order valence-corrected chi connectivity index (χ0v) is 27.4. The van der Waals surface area contributed by atoms with Gasteiger partial charge in [0.2, 0.25) is 5.69 Å². The van der Waals surface area contributed by atoms with Crippen molar-refractivity contribution in [1.82, 2.24) is 0 Å². The fourth-order valence-electron chi connectivity index (χ4n) is 8.58. The molecule has 0 radical (unpaired) electrons. The normalized spacial score (nSPS) is 17.3. The van der Waals surface area contributed by atoms with E-state index in [1.165, 1.54) is 68.6 Å². The first kappa shape index (κ1) is 28.8. The van der Waals surface area contributed by atoms with Crippen molar-refractivity contribution >= 4 is 0 Å². The molecule has 222 valence electrons. The fraction of sp³-hybridized carbons (Fsp3) is 0.326. The van der Waals surface area contributed by atoms with Gasteiger partial charge in [0.05, 0.1) is 0 Å². The van der Waals surface area contributed by atoms with Crippen LogP contribution in [0.3, 0.4) is 0 Å². The molecule has 0 spiro atoms. The van der Waals surface area contributed by atoms with Crippen LogP contribution >= 0.6 is 0 Å². The van der Waals surface area contributed by atoms with Gasteiger partial charge < -0.3 is 0 Å². The molecule has 4 aromatic carbocycles. The second kappa shape index (κ2) is 10.6. The third kappa shape index (κ3) is 4.73. The Labute approximate surface area is 264 Å². The molecule has 0 saturated carbocycles. The van der Waals surface area contributed by atoms with Gasteiger partial charge in [-0.1, -0.05) is 120 Å². The summed E-state index contributed by atoms with van der Waals surface area (Å²) >= 11 is 0. The Balaban J connectivity index is 1.36. The lowest BCUT2D eigenvalue weighted by molar-refractivity contribution is -0.757. The summed E-state index contributed by atoms with van der Waals surface area (Å²) in [6.45, 7) is 14.6. The lowest BCUT2D eigenvalue weighted by Gasteiger charge is -2.28. The number of fused-ring (bicyclic) bond motifs is 4. The number of rotatable bonds is 5. The van der Waals surface area contributed by atoms with Crippen molar-refractivity contribution in [3.8, 4) is 44.6 Å². The molecular weight excluding hydrogens is 530 g/mol. The maximum absolute atomic E-state index is 2.72. The molecule has 1 aromatic heterocycles. The topological polar surface area (TPSA) is 3.88 Å². The van der Waals surface area contributed by atoms with Gasteiger partial charge in [-0.3, -0.25) is 0 Å².